The van der Waals surface area contributed by atoms with Gasteiger partial charge < -0.3 is 16.0 Å². The van der Waals surface area contributed by atoms with Gasteiger partial charge in [0.15, 0.2) is 11.6 Å². The highest BCUT2D eigenvalue weighted by Crippen LogP contribution is 2.35. The van der Waals surface area contributed by atoms with Crippen LogP contribution in [0.3, 0.4) is 0 Å². The Morgan fingerprint density at radius 1 is 1.18 bits per heavy atom. The quantitative estimate of drug-likeness (QED) is 0.467. The molecule has 0 fully saturated rings. The number of fused-ring (bicyclic) bond motifs is 2. The van der Waals surface area contributed by atoms with Crippen LogP contribution < -0.4 is 11.1 Å². The number of nitrogens with one attached hydrogen (secondary N) is 1. The summed E-state index contributed by atoms with van der Waals surface area (Å²) in [5, 5.41) is 9.15. The van der Waals surface area contributed by atoms with Gasteiger partial charge in [0.25, 0.3) is 0 Å². The molecule has 168 valence electrons. The molecule has 33 heavy (non-hydrogen) atoms. The number of aryl methyl sites for hydroxylation is 1. The normalized spacial score (nSPS) is 13.8. The minimum atomic E-state index is -0.482. The van der Waals surface area contributed by atoms with E-state index in [2.05, 4.69) is 20.4 Å². The summed E-state index contributed by atoms with van der Waals surface area (Å²) in [4.78, 5) is 22.5. The lowest BCUT2D eigenvalue weighted by Gasteiger charge is -2.13. The molecule has 5 rings (SSSR count). The van der Waals surface area contributed by atoms with Gasteiger partial charge in [-0.3, -0.25) is 14.5 Å². The van der Waals surface area contributed by atoms with Gasteiger partial charge in [-0.05, 0) is 43.0 Å². The van der Waals surface area contributed by atoms with E-state index in [1.165, 1.54) is 0 Å². The van der Waals surface area contributed by atoms with Gasteiger partial charge >= 0.3 is 0 Å². The Morgan fingerprint density at radius 3 is 2.79 bits per heavy atom. The SMILES string of the molecule is Cc1ccncc1-c1cc2cc(Nc3nn4c(c3C)CCN(C)C(=O)C4)ncc2c(N)c1F. The molecule has 0 bridgehead atoms. The molecule has 1 aliphatic rings. The van der Waals surface area contributed by atoms with Crippen LogP contribution in [-0.4, -0.2) is 44.1 Å². The topological polar surface area (TPSA) is 102 Å². The Labute approximate surface area is 190 Å². The van der Waals surface area contributed by atoms with Gasteiger partial charge in [0.05, 0.1) is 5.69 Å². The minimum absolute atomic E-state index is 0.0300. The monoisotopic (exact) mass is 445 g/mol. The van der Waals surface area contributed by atoms with E-state index in [0.717, 1.165) is 28.6 Å². The molecule has 9 heteroatoms. The zero-order valence-electron chi connectivity index (χ0n) is 18.7. The number of hydrogen-bond donors (Lipinski definition) is 2. The molecule has 0 atom stereocenters. The highest BCUT2D eigenvalue weighted by atomic mass is 19.1. The van der Waals surface area contributed by atoms with E-state index in [9.17, 15) is 4.79 Å². The third-order valence-corrected chi connectivity index (χ3v) is 6.29. The molecule has 8 nitrogen and oxygen atoms in total. The van der Waals surface area contributed by atoms with Gasteiger partial charge in [-0.1, -0.05) is 0 Å². The van der Waals surface area contributed by atoms with E-state index in [-0.39, 0.29) is 18.1 Å². The first kappa shape index (κ1) is 20.9. The fourth-order valence-corrected chi connectivity index (χ4v) is 4.23. The fourth-order valence-electron chi connectivity index (χ4n) is 4.23. The van der Waals surface area contributed by atoms with Crippen LogP contribution in [0.1, 0.15) is 16.8 Å². The molecule has 1 amide bonds. The van der Waals surface area contributed by atoms with E-state index < -0.39 is 5.82 Å². The number of aromatic nitrogens is 4. The Bertz CT molecular complexity index is 1410. The number of anilines is 3. The first-order chi connectivity index (χ1) is 15.8. The van der Waals surface area contributed by atoms with Gasteiger partial charge in [0, 0.05) is 66.4 Å². The summed E-state index contributed by atoms with van der Waals surface area (Å²) < 4.78 is 16.8. The molecule has 3 N–H and O–H groups in total. The summed E-state index contributed by atoms with van der Waals surface area (Å²) in [6.45, 7) is 4.75. The lowest BCUT2D eigenvalue weighted by Crippen LogP contribution is -2.29. The Hall–Kier alpha value is -4.01. The van der Waals surface area contributed by atoms with Crippen molar-refractivity contribution in [2.75, 3.05) is 24.6 Å². The predicted molar refractivity (Wildman–Crippen MR) is 126 cm³/mol. The maximum absolute atomic E-state index is 15.1. The van der Waals surface area contributed by atoms with Crippen LogP contribution >= 0.6 is 0 Å². The number of pyridine rings is 2. The summed E-state index contributed by atoms with van der Waals surface area (Å²) in [5.41, 5.74) is 10.2. The van der Waals surface area contributed by atoms with Gasteiger partial charge in [0.2, 0.25) is 5.91 Å². The summed E-state index contributed by atoms with van der Waals surface area (Å²) in [6.07, 6.45) is 5.61. The Kier molecular flexibility index (Phi) is 4.96. The maximum Gasteiger partial charge on any atom is 0.244 e. The highest BCUT2D eigenvalue weighted by molar-refractivity contribution is 5.98. The number of hydrogen-bond acceptors (Lipinski definition) is 6. The molecule has 0 aliphatic carbocycles. The van der Waals surface area contributed by atoms with Gasteiger partial charge in [0.1, 0.15) is 12.4 Å². The summed E-state index contributed by atoms with van der Waals surface area (Å²) in [7, 11) is 1.80. The van der Waals surface area contributed by atoms with E-state index in [0.29, 0.717) is 34.7 Å². The van der Waals surface area contributed by atoms with Crippen LogP contribution in [0.2, 0.25) is 0 Å². The van der Waals surface area contributed by atoms with Crippen molar-refractivity contribution in [3.63, 3.8) is 0 Å². The molecule has 1 aliphatic heterocycles. The fraction of sp³-hybridized carbons (Fsp3) is 0.250. The summed E-state index contributed by atoms with van der Waals surface area (Å²) in [6, 6.07) is 5.42. The molecule has 0 radical (unpaired) electrons. The number of carbonyl (C=O) groups excluding carboxylic acids is 1. The molecular weight excluding hydrogens is 421 g/mol. The molecule has 3 aromatic heterocycles. The van der Waals surface area contributed by atoms with Gasteiger partial charge in [-0.2, -0.15) is 5.10 Å². The van der Waals surface area contributed by atoms with Crippen LogP contribution in [0, 0.1) is 19.7 Å². The van der Waals surface area contributed by atoms with Crippen LogP contribution in [0.25, 0.3) is 21.9 Å². The molecule has 0 unspecified atom stereocenters. The lowest BCUT2D eigenvalue weighted by atomic mass is 9.98. The van der Waals surface area contributed by atoms with Crippen molar-refractivity contribution >= 4 is 34.0 Å². The molecule has 4 aromatic rings. The van der Waals surface area contributed by atoms with Gasteiger partial charge in [-0.15, -0.1) is 0 Å². The maximum atomic E-state index is 15.1. The molecule has 0 saturated heterocycles. The first-order valence-electron chi connectivity index (χ1n) is 10.7. The van der Waals surface area contributed by atoms with Crippen molar-refractivity contribution in [3.05, 3.63) is 59.4 Å². The van der Waals surface area contributed by atoms with Crippen LogP contribution in [0.5, 0.6) is 0 Å². The lowest BCUT2D eigenvalue weighted by molar-refractivity contribution is -0.130. The van der Waals surface area contributed by atoms with Crippen molar-refractivity contribution in [3.8, 4) is 11.1 Å². The largest absolute Gasteiger partial charge is 0.396 e. The smallest absolute Gasteiger partial charge is 0.244 e. The molecular formula is C24H24FN7O. The third kappa shape index (κ3) is 3.55. The zero-order chi connectivity index (χ0) is 23.3. The van der Waals surface area contributed by atoms with Crippen LogP contribution in [0.15, 0.2) is 36.8 Å². The number of nitrogens with two attached hydrogens (primary N) is 1. The second kappa shape index (κ2) is 7.84. The number of benzene rings is 1. The number of halogens is 1. The number of likely N-dealkylation sites (N-methyl/N-ethyl adjacent to an activating group) is 1. The first-order valence-corrected chi connectivity index (χ1v) is 10.7. The average molecular weight is 446 g/mol. The summed E-state index contributed by atoms with van der Waals surface area (Å²) >= 11 is 0. The molecule has 4 heterocycles. The second-order valence-corrected chi connectivity index (χ2v) is 8.40. The molecule has 0 saturated carbocycles. The van der Waals surface area contributed by atoms with Crippen molar-refractivity contribution in [1.82, 2.24) is 24.6 Å². The van der Waals surface area contributed by atoms with Crippen LogP contribution in [0.4, 0.5) is 21.7 Å². The van der Waals surface area contributed by atoms with Gasteiger partial charge in [-0.25, -0.2) is 9.37 Å². The minimum Gasteiger partial charge on any atom is -0.396 e. The number of nitrogens with zero attached hydrogens (tertiary/aromatic N) is 5. The molecule has 1 aromatic carbocycles. The van der Waals surface area contributed by atoms with Crippen molar-refractivity contribution in [1.29, 1.82) is 0 Å². The highest BCUT2D eigenvalue weighted by Gasteiger charge is 2.23. The van der Waals surface area contributed by atoms with E-state index in [1.807, 2.05) is 26.0 Å². The number of rotatable bonds is 3. The Balaban J connectivity index is 1.54. The number of carbonyl (C=O) groups is 1. The standard InChI is InChI=1S/C24H24FN7O/c1-13-4-6-27-10-17(13)16-8-15-9-20(28-11-18(15)23(26)22(16)25)29-24-14(2)19-5-7-31(3)21(33)12-32(19)30-24/h4,6,8-11H,5,7,12,26H2,1-3H3,(H,28,29,30). The zero-order valence-corrected chi connectivity index (χ0v) is 18.7. The third-order valence-electron chi connectivity index (χ3n) is 6.29. The van der Waals surface area contributed by atoms with E-state index >= 15 is 4.39 Å². The van der Waals surface area contributed by atoms with Crippen molar-refractivity contribution in [2.24, 2.45) is 0 Å². The van der Waals surface area contributed by atoms with Crippen LogP contribution in [-0.2, 0) is 17.8 Å². The number of amides is 1. The van der Waals surface area contributed by atoms with Crippen molar-refractivity contribution in [2.45, 2.75) is 26.8 Å². The van der Waals surface area contributed by atoms with E-state index in [4.69, 9.17) is 5.73 Å². The van der Waals surface area contributed by atoms with Crippen molar-refractivity contribution < 1.29 is 9.18 Å². The predicted octanol–water partition coefficient (Wildman–Crippen LogP) is 3.59. The van der Waals surface area contributed by atoms with E-state index in [1.54, 1.807) is 41.3 Å². The second-order valence-electron chi connectivity index (χ2n) is 8.40. The summed E-state index contributed by atoms with van der Waals surface area (Å²) in [5.74, 6) is 0.751. The average Bonchev–Trinajstić information content (AvgIpc) is 3.00. The Morgan fingerprint density at radius 2 is 2.00 bits per heavy atom. The molecule has 0 spiro atoms. The number of nitrogen functional groups attached to an aromatic ring is 1.